The second-order valence-corrected chi connectivity index (χ2v) is 7.71. The zero-order valence-electron chi connectivity index (χ0n) is 16.2. The van der Waals surface area contributed by atoms with E-state index in [1.54, 1.807) is 6.07 Å². The molecule has 1 heterocycles. The SMILES string of the molecule is COC(=O)c1sc2cccc(F)c2c1COC(=O)C(C)CC(=O)c1ccc(F)cc1. The molecule has 0 spiro atoms. The van der Waals surface area contributed by atoms with Crippen molar-refractivity contribution >= 4 is 39.1 Å². The minimum Gasteiger partial charge on any atom is -0.465 e. The number of hydrogen-bond acceptors (Lipinski definition) is 6. The number of thiophene rings is 1. The van der Waals surface area contributed by atoms with Crippen LogP contribution in [-0.2, 0) is 20.9 Å². The van der Waals surface area contributed by atoms with Crippen LogP contribution < -0.4 is 0 Å². The average Bonchev–Trinajstić information content (AvgIpc) is 3.11. The summed E-state index contributed by atoms with van der Waals surface area (Å²) in [4.78, 5) is 36.9. The van der Waals surface area contributed by atoms with Crippen molar-refractivity contribution in [1.29, 1.82) is 0 Å². The van der Waals surface area contributed by atoms with E-state index in [4.69, 9.17) is 9.47 Å². The van der Waals surface area contributed by atoms with Crippen molar-refractivity contribution in [3.05, 3.63) is 70.1 Å². The predicted molar refractivity (Wildman–Crippen MR) is 107 cm³/mol. The molecule has 0 saturated carbocycles. The van der Waals surface area contributed by atoms with Crippen molar-refractivity contribution in [2.24, 2.45) is 5.92 Å². The van der Waals surface area contributed by atoms with Gasteiger partial charge in [-0.05, 0) is 36.4 Å². The standard InChI is InChI=1S/C22H18F2O5S/c1-12(10-17(25)13-6-8-14(23)9-7-13)21(26)29-11-15-19-16(24)4-3-5-18(19)30-20(15)22(27)28-2/h3-9,12H,10-11H2,1-2H3. The van der Waals surface area contributed by atoms with E-state index in [0.29, 0.717) is 4.70 Å². The number of hydrogen-bond donors (Lipinski definition) is 0. The number of fused-ring (bicyclic) bond motifs is 1. The van der Waals surface area contributed by atoms with Crippen LogP contribution in [0.3, 0.4) is 0 Å². The Morgan fingerprint density at radius 1 is 1.07 bits per heavy atom. The molecule has 3 aromatic rings. The summed E-state index contributed by atoms with van der Waals surface area (Å²) in [5, 5.41) is 0.200. The number of Topliss-reactive ketones (excluding diaryl/α,β-unsaturated/α-hetero) is 1. The van der Waals surface area contributed by atoms with E-state index in [1.807, 2.05) is 0 Å². The first-order chi connectivity index (χ1) is 14.3. The molecule has 1 unspecified atom stereocenters. The lowest BCUT2D eigenvalue weighted by Gasteiger charge is -2.12. The highest BCUT2D eigenvalue weighted by Crippen LogP contribution is 2.34. The Labute approximate surface area is 175 Å². The third-order valence-electron chi connectivity index (χ3n) is 4.55. The lowest BCUT2D eigenvalue weighted by atomic mass is 10.00. The van der Waals surface area contributed by atoms with Crippen LogP contribution in [-0.4, -0.2) is 24.8 Å². The fourth-order valence-corrected chi connectivity index (χ4v) is 4.10. The molecule has 0 fully saturated rings. The fourth-order valence-electron chi connectivity index (χ4n) is 2.96. The van der Waals surface area contributed by atoms with Crippen LogP contribution in [0.1, 0.15) is 38.9 Å². The molecule has 156 valence electrons. The first kappa shape index (κ1) is 21.6. The van der Waals surface area contributed by atoms with Crippen molar-refractivity contribution in [2.45, 2.75) is 20.0 Å². The Morgan fingerprint density at radius 3 is 2.43 bits per heavy atom. The van der Waals surface area contributed by atoms with Gasteiger partial charge in [0.05, 0.1) is 13.0 Å². The summed E-state index contributed by atoms with van der Waals surface area (Å²) in [6.45, 7) is 1.19. The van der Waals surface area contributed by atoms with E-state index in [2.05, 4.69) is 0 Å². The molecule has 30 heavy (non-hydrogen) atoms. The maximum Gasteiger partial charge on any atom is 0.348 e. The highest BCUT2D eigenvalue weighted by molar-refractivity contribution is 7.21. The van der Waals surface area contributed by atoms with E-state index in [0.717, 1.165) is 11.3 Å². The largest absolute Gasteiger partial charge is 0.465 e. The van der Waals surface area contributed by atoms with E-state index in [9.17, 15) is 23.2 Å². The smallest absolute Gasteiger partial charge is 0.348 e. The number of ketones is 1. The zero-order chi connectivity index (χ0) is 21.8. The van der Waals surface area contributed by atoms with Crippen molar-refractivity contribution in [3.8, 4) is 0 Å². The van der Waals surface area contributed by atoms with Crippen molar-refractivity contribution in [2.75, 3.05) is 7.11 Å². The molecule has 0 amide bonds. The number of methoxy groups -OCH3 is 1. The van der Waals surface area contributed by atoms with Gasteiger partial charge in [0, 0.05) is 27.6 Å². The molecule has 0 aliphatic rings. The van der Waals surface area contributed by atoms with Crippen LogP contribution >= 0.6 is 11.3 Å². The van der Waals surface area contributed by atoms with Gasteiger partial charge in [0.25, 0.3) is 0 Å². The molecule has 1 atom stereocenters. The second kappa shape index (κ2) is 9.13. The van der Waals surface area contributed by atoms with Gasteiger partial charge in [0.1, 0.15) is 23.1 Å². The third-order valence-corrected chi connectivity index (χ3v) is 5.73. The molecule has 0 saturated heterocycles. The summed E-state index contributed by atoms with van der Waals surface area (Å²) < 4.78 is 37.9. The third kappa shape index (κ3) is 4.54. The molecular weight excluding hydrogens is 414 g/mol. The van der Waals surface area contributed by atoms with Gasteiger partial charge in [0.15, 0.2) is 5.78 Å². The highest BCUT2D eigenvalue weighted by Gasteiger charge is 2.24. The lowest BCUT2D eigenvalue weighted by Crippen LogP contribution is -2.19. The van der Waals surface area contributed by atoms with Gasteiger partial charge in [-0.1, -0.05) is 13.0 Å². The quantitative estimate of drug-likeness (QED) is 0.392. The summed E-state index contributed by atoms with van der Waals surface area (Å²) in [6.07, 6.45) is -0.132. The Balaban J connectivity index is 1.73. The van der Waals surface area contributed by atoms with Gasteiger partial charge in [-0.2, -0.15) is 0 Å². The van der Waals surface area contributed by atoms with Crippen LogP contribution in [0, 0.1) is 17.6 Å². The molecule has 2 aromatic carbocycles. The predicted octanol–water partition coefficient (Wildman–Crippen LogP) is 4.92. The van der Waals surface area contributed by atoms with Gasteiger partial charge >= 0.3 is 11.9 Å². The van der Waals surface area contributed by atoms with E-state index < -0.39 is 29.5 Å². The molecule has 0 radical (unpaired) electrons. The van der Waals surface area contributed by atoms with Crippen molar-refractivity contribution in [1.82, 2.24) is 0 Å². The number of carbonyl (C=O) groups is 3. The summed E-state index contributed by atoms with van der Waals surface area (Å²) >= 11 is 1.05. The molecule has 1 aromatic heterocycles. The number of esters is 2. The first-order valence-corrected chi connectivity index (χ1v) is 9.87. The topological polar surface area (TPSA) is 69.7 Å². The Kier molecular flexibility index (Phi) is 6.56. The number of carbonyl (C=O) groups excluding carboxylic acids is 3. The molecule has 0 aliphatic carbocycles. The second-order valence-electron chi connectivity index (χ2n) is 6.66. The molecule has 8 heteroatoms. The lowest BCUT2D eigenvalue weighted by molar-refractivity contribution is -0.149. The average molecular weight is 432 g/mol. The zero-order valence-corrected chi connectivity index (χ0v) is 17.1. The number of rotatable bonds is 7. The summed E-state index contributed by atoms with van der Waals surface area (Å²) in [6, 6.07) is 9.46. The Bertz CT molecular complexity index is 1100. The van der Waals surface area contributed by atoms with Crippen molar-refractivity contribution in [3.63, 3.8) is 0 Å². The summed E-state index contributed by atoms with van der Waals surface area (Å²) in [5.74, 6) is -3.43. The van der Waals surface area contributed by atoms with Crippen LogP contribution in [0.2, 0.25) is 0 Å². The fraction of sp³-hybridized carbons (Fsp3) is 0.227. The Hall–Kier alpha value is -3.13. The van der Waals surface area contributed by atoms with Crippen LogP contribution in [0.25, 0.3) is 10.1 Å². The first-order valence-electron chi connectivity index (χ1n) is 9.05. The van der Waals surface area contributed by atoms with Gasteiger partial charge in [-0.15, -0.1) is 11.3 Å². The molecule has 0 aliphatic heterocycles. The summed E-state index contributed by atoms with van der Waals surface area (Å²) in [5.41, 5.74) is 0.514. The van der Waals surface area contributed by atoms with Gasteiger partial charge in [-0.25, -0.2) is 13.6 Å². The van der Waals surface area contributed by atoms with Gasteiger partial charge in [0.2, 0.25) is 0 Å². The van der Waals surface area contributed by atoms with Crippen LogP contribution in [0.4, 0.5) is 8.78 Å². The van der Waals surface area contributed by atoms with E-state index in [-0.39, 0.29) is 40.2 Å². The minimum atomic E-state index is -0.779. The molecule has 3 rings (SSSR count). The monoisotopic (exact) mass is 432 g/mol. The Morgan fingerprint density at radius 2 is 1.77 bits per heavy atom. The van der Waals surface area contributed by atoms with Crippen LogP contribution in [0.15, 0.2) is 42.5 Å². The van der Waals surface area contributed by atoms with Crippen LogP contribution in [0.5, 0.6) is 0 Å². The maximum atomic E-state index is 14.3. The van der Waals surface area contributed by atoms with Gasteiger partial charge < -0.3 is 9.47 Å². The molecule has 0 N–H and O–H groups in total. The molecule has 5 nitrogen and oxygen atoms in total. The number of benzene rings is 2. The normalized spacial score (nSPS) is 11.9. The van der Waals surface area contributed by atoms with E-state index >= 15 is 0 Å². The summed E-state index contributed by atoms with van der Waals surface area (Å²) in [7, 11) is 1.21. The highest BCUT2D eigenvalue weighted by atomic mass is 32.1. The van der Waals surface area contributed by atoms with Gasteiger partial charge in [-0.3, -0.25) is 9.59 Å². The molecular formula is C22H18F2O5S. The minimum absolute atomic E-state index is 0.132. The molecule has 0 bridgehead atoms. The number of halogens is 2. The number of ether oxygens (including phenoxy) is 2. The maximum absolute atomic E-state index is 14.3. The van der Waals surface area contributed by atoms with Crippen molar-refractivity contribution < 1.29 is 32.6 Å². The van der Waals surface area contributed by atoms with E-state index in [1.165, 1.54) is 50.4 Å².